The smallest absolute Gasteiger partial charge is 0.254 e. The first-order valence-corrected chi connectivity index (χ1v) is 8.49. The molecular weight excluding hydrogens is 330 g/mol. The van der Waals surface area contributed by atoms with Gasteiger partial charge in [-0.25, -0.2) is 4.98 Å². The topological polar surface area (TPSA) is 98.2 Å². The van der Waals surface area contributed by atoms with Gasteiger partial charge in [-0.05, 0) is 19.1 Å². The number of hydrogen-bond donors (Lipinski definition) is 4. The summed E-state index contributed by atoms with van der Waals surface area (Å²) in [6.45, 7) is 1.19. The Morgan fingerprint density at radius 3 is 2.58 bits per heavy atom. The molecule has 4 rings (SSSR count). The Hall–Kier alpha value is -2.96. The standard InChI is InChI=1S/C20H19N3O3/c1-11(25)16(10-24)23-20(26)17-12-6-2-4-8-14(12)21-18-13-7-3-5-9-15(13)22-19(17)18/h2-9,11,16,22,24-25H,10H2,1H3,(H,23,26). The summed E-state index contributed by atoms with van der Waals surface area (Å²) in [4.78, 5) is 21.1. The van der Waals surface area contributed by atoms with Gasteiger partial charge in [0.05, 0.1) is 40.9 Å². The van der Waals surface area contributed by atoms with Crippen molar-refractivity contribution < 1.29 is 15.0 Å². The average molecular weight is 349 g/mol. The average Bonchev–Trinajstić information content (AvgIpc) is 3.01. The fraction of sp³-hybridized carbons (Fsp3) is 0.200. The van der Waals surface area contributed by atoms with Crippen LogP contribution in [0.15, 0.2) is 48.5 Å². The maximum atomic E-state index is 13.0. The van der Waals surface area contributed by atoms with Gasteiger partial charge in [0, 0.05) is 16.3 Å². The van der Waals surface area contributed by atoms with E-state index in [2.05, 4.69) is 10.3 Å². The molecule has 0 saturated heterocycles. The number of hydrogen-bond acceptors (Lipinski definition) is 4. The lowest BCUT2D eigenvalue weighted by atomic mass is 10.0. The number of H-pyrrole nitrogens is 1. The number of aromatic amines is 1. The van der Waals surface area contributed by atoms with Crippen LogP contribution in [-0.4, -0.2) is 44.8 Å². The predicted molar refractivity (Wildman–Crippen MR) is 101 cm³/mol. The van der Waals surface area contributed by atoms with Gasteiger partial charge in [0.1, 0.15) is 0 Å². The molecule has 2 unspecified atom stereocenters. The number of fused-ring (bicyclic) bond motifs is 4. The van der Waals surface area contributed by atoms with Crippen molar-refractivity contribution in [2.75, 3.05) is 6.61 Å². The van der Waals surface area contributed by atoms with E-state index in [1.807, 2.05) is 48.5 Å². The third kappa shape index (κ3) is 2.60. The van der Waals surface area contributed by atoms with Gasteiger partial charge in [0.2, 0.25) is 0 Å². The van der Waals surface area contributed by atoms with Crippen molar-refractivity contribution in [2.24, 2.45) is 0 Å². The third-order valence-corrected chi connectivity index (χ3v) is 4.66. The van der Waals surface area contributed by atoms with Crippen molar-refractivity contribution in [2.45, 2.75) is 19.1 Å². The first-order valence-electron chi connectivity index (χ1n) is 8.49. The zero-order chi connectivity index (χ0) is 18.3. The van der Waals surface area contributed by atoms with Crippen molar-refractivity contribution in [1.29, 1.82) is 0 Å². The molecule has 0 fully saturated rings. The lowest BCUT2D eigenvalue weighted by molar-refractivity contribution is 0.0760. The van der Waals surface area contributed by atoms with Crippen LogP contribution >= 0.6 is 0 Å². The van der Waals surface area contributed by atoms with E-state index in [-0.39, 0.29) is 12.5 Å². The number of nitrogens with zero attached hydrogens (tertiary/aromatic N) is 1. The Morgan fingerprint density at radius 1 is 1.15 bits per heavy atom. The normalized spacial score (nSPS) is 14.0. The fourth-order valence-electron chi connectivity index (χ4n) is 3.26. The molecule has 132 valence electrons. The second kappa shape index (κ2) is 6.40. The number of benzene rings is 2. The van der Waals surface area contributed by atoms with Gasteiger partial charge >= 0.3 is 0 Å². The summed E-state index contributed by atoms with van der Waals surface area (Å²) in [7, 11) is 0. The number of nitrogens with one attached hydrogen (secondary N) is 2. The molecule has 0 saturated carbocycles. The number of amides is 1. The van der Waals surface area contributed by atoms with Crippen LogP contribution in [0.2, 0.25) is 0 Å². The van der Waals surface area contributed by atoms with Gasteiger partial charge in [0.15, 0.2) is 0 Å². The van der Waals surface area contributed by atoms with Gasteiger partial charge in [0.25, 0.3) is 5.91 Å². The minimum absolute atomic E-state index is 0.345. The second-order valence-electron chi connectivity index (χ2n) is 6.40. The first kappa shape index (κ1) is 16.5. The molecule has 4 N–H and O–H groups in total. The maximum absolute atomic E-state index is 13.0. The van der Waals surface area contributed by atoms with Crippen LogP contribution in [0.1, 0.15) is 17.3 Å². The molecule has 0 aliphatic carbocycles. The third-order valence-electron chi connectivity index (χ3n) is 4.66. The van der Waals surface area contributed by atoms with Crippen molar-refractivity contribution in [1.82, 2.24) is 15.3 Å². The molecule has 0 bridgehead atoms. The molecule has 6 nitrogen and oxygen atoms in total. The zero-order valence-corrected chi connectivity index (χ0v) is 14.2. The monoisotopic (exact) mass is 349 g/mol. The summed E-state index contributed by atoms with van der Waals surface area (Å²) < 4.78 is 0. The Kier molecular flexibility index (Phi) is 4.06. The summed E-state index contributed by atoms with van der Waals surface area (Å²) in [6, 6.07) is 14.5. The molecule has 2 heterocycles. The largest absolute Gasteiger partial charge is 0.394 e. The molecule has 1 amide bonds. The molecule has 6 heteroatoms. The van der Waals surface area contributed by atoms with Gasteiger partial charge in [-0.3, -0.25) is 4.79 Å². The van der Waals surface area contributed by atoms with Crippen molar-refractivity contribution in [3.05, 3.63) is 54.1 Å². The number of para-hydroxylation sites is 2. The lowest BCUT2D eigenvalue weighted by Crippen LogP contribution is -2.44. The van der Waals surface area contributed by atoms with E-state index in [0.717, 1.165) is 16.4 Å². The van der Waals surface area contributed by atoms with Crippen LogP contribution < -0.4 is 5.32 Å². The highest BCUT2D eigenvalue weighted by Crippen LogP contribution is 2.31. The van der Waals surface area contributed by atoms with Gasteiger partial charge in [-0.15, -0.1) is 0 Å². The summed E-state index contributed by atoms with van der Waals surface area (Å²) in [5, 5.41) is 23.6. The van der Waals surface area contributed by atoms with Crippen LogP contribution in [0, 0.1) is 0 Å². The van der Waals surface area contributed by atoms with Gasteiger partial charge in [-0.1, -0.05) is 36.4 Å². The summed E-state index contributed by atoms with van der Waals surface area (Å²) in [6.07, 6.45) is -0.866. The molecule has 2 aromatic heterocycles. The quantitative estimate of drug-likeness (QED) is 0.454. The van der Waals surface area contributed by atoms with E-state index in [4.69, 9.17) is 4.98 Å². The molecule has 0 radical (unpaired) electrons. The van der Waals surface area contributed by atoms with Crippen LogP contribution in [0.25, 0.3) is 32.8 Å². The Morgan fingerprint density at radius 2 is 1.85 bits per heavy atom. The van der Waals surface area contributed by atoms with Crippen molar-refractivity contribution in [3.8, 4) is 0 Å². The van der Waals surface area contributed by atoms with Crippen LogP contribution in [0.3, 0.4) is 0 Å². The molecule has 0 aliphatic heterocycles. The molecule has 0 aliphatic rings. The van der Waals surface area contributed by atoms with E-state index in [1.54, 1.807) is 0 Å². The van der Waals surface area contributed by atoms with Crippen LogP contribution in [0.4, 0.5) is 0 Å². The number of aliphatic hydroxyl groups excluding tert-OH is 2. The molecule has 2 atom stereocenters. The van der Waals surface area contributed by atoms with Gasteiger partial charge < -0.3 is 20.5 Å². The molecule has 0 spiro atoms. The van der Waals surface area contributed by atoms with E-state index in [9.17, 15) is 15.0 Å². The molecular formula is C20H19N3O3. The SMILES string of the molecule is CC(O)C(CO)NC(=O)c1c2ccccc2nc2c1[nH]c1ccccc12. The number of aromatic nitrogens is 2. The Balaban J connectivity index is 1.99. The number of pyridine rings is 1. The zero-order valence-electron chi connectivity index (χ0n) is 14.2. The second-order valence-corrected chi connectivity index (χ2v) is 6.40. The molecule has 4 aromatic rings. The summed E-state index contributed by atoms with van der Waals surface area (Å²) in [5.41, 5.74) is 3.44. The highest BCUT2D eigenvalue weighted by atomic mass is 16.3. The summed E-state index contributed by atoms with van der Waals surface area (Å²) in [5.74, 6) is -0.361. The Bertz CT molecular complexity index is 1120. The van der Waals surface area contributed by atoms with Crippen molar-refractivity contribution >= 4 is 38.7 Å². The highest BCUT2D eigenvalue weighted by molar-refractivity contribution is 6.20. The minimum atomic E-state index is -0.866. The maximum Gasteiger partial charge on any atom is 0.254 e. The number of carbonyl (C=O) groups excluding carboxylic acids is 1. The van der Waals surface area contributed by atoms with E-state index < -0.39 is 12.1 Å². The molecule has 2 aromatic carbocycles. The molecule has 26 heavy (non-hydrogen) atoms. The van der Waals surface area contributed by atoms with Gasteiger partial charge in [-0.2, -0.15) is 0 Å². The summed E-state index contributed by atoms with van der Waals surface area (Å²) >= 11 is 0. The number of rotatable bonds is 4. The van der Waals surface area contributed by atoms with E-state index in [1.165, 1.54) is 6.92 Å². The van der Waals surface area contributed by atoms with Crippen LogP contribution in [0.5, 0.6) is 0 Å². The number of carbonyl (C=O) groups is 1. The predicted octanol–water partition coefficient (Wildman–Crippen LogP) is 2.34. The first-order chi connectivity index (χ1) is 12.6. The van der Waals surface area contributed by atoms with E-state index >= 15 is 0 Å². The number of aliphatic hydroxyl groups is 2. The minimum Gasteiger partial charge on any atom is -0.394 e. The van der Waals surface area contributed by atoms with Crippen LogP contribution in [-0.2, 0) is 0 Å². The fourth-order valence-corrected chi connectivity index (χ4v) is 3.26. The van der Waals surface area contributed by atoms with E-state index in [0.29, 0.717) is 22.0 Å². The highest BCUT2D eigenvalue weighted by Gasteiger charge is 2.23. The lowest BCUT2D eigenvalue weighted by Gasteiger charge is -2.19. The Labute approximate surface area is 149 Å². The van der Waals surface area contributed by atoms with Crippen molar-refractivity contribution in [3.63, 3.8) is 0 Å².